The van der Waals surface area contributed by atoms with Crippen molar-refractivity contribution in [2.45, 2.75) is 19.8 Å². The molecule has 0 bridgehead atoms. The first-order valence-corrected chi connectivity index (χ1v) is 5.28. The Morgan fingerprint density at radius 3 is 2.00 bits per heavy atom. The predicted molar refractivity (Wildman–Crippen MR) is 62.7 cm³/mol. The molecule has 4 heteroatoms. The third-order valence-corrected chi connectivity index (χ3v) is 2.47. The smallest absolute Gasteiger partial charge is 0.343 e. The molecule has 0 heterocycles. The van der Waals surface area contributed by atoms with Gasteiger partial charge in [0.2, 0.25) is 0 Å². The van der Waals surface area contributed by atoms with Crippen molar-refractivity contribution >= 4 is 11.9 Å². The molecule has 17 heavy (non-hydrogen) atoms. The molecule has 0 saturated heterocycles. The summed E-state index contributed by atoms with van der Waals surface area (Å²) in [6.07, 6.45) is 0.758. The second-order valence-corrected chi connectivity index (χ2v) is 3.60. The zero-order chi connectivity index (χ0) is 12.8. The van der Waals surface area contributed by atoms with E-state index < -0.39 is 17.5 Å². The highest BCUT2D eigenvalue weighted by molar-refractivity contribution is 6.13. The van der Waals surface area contributed by atoms with Crippen LogP contribution in [0.3, 0.4) is 0 Å². The van der Waals surface area contributed by atoms with Crippen molar-refractivity contribution in [1.29, 1.82) is 0 Å². The lowest BCUT2D eigenvalue weighted by atomic mass is 9.98. The fourth-order valence-electron chi connectivity index (χ4n) is 1.63. The first-order chi connectivity index (χ1) is 8.06. The van der Waals surface area contributed by atoms with Crippen molar-refractivity contribution in [3.05, 3.63) is 47.0 Å². The maximum atomic E-state index is 10.9. The van der Waals surface area contributed by atoms with Gasteiger partial charge in [0.1, 0.15) is 5.57 Å². The van der Waals surface area contributed by atoms with Gasteiger partial charge in [-0.05, 0) is 24.0 Å². The molecule has 4 nitrogen and oxygen atoms in total. The van der Waals surface area contributed by atoms with Crippen LogP contribution in [0.5, 0.6) is 0 Å². The Labute approximate surface area is 99.2 Å². The van der Waals surface area contributed by atoms with Crippen molar-refractivity contribution in [2.24, 2.45) is 0 Å². The molecule has 0 aromatic heterocycles. The SMILES string of the molecule is CCC(Cc1ccccc1)=C(C(=O)O)C(=O)O. The Bertz CT molecular complexity index is 430. The van der Waals surface area contributed by atoms with Crippen molar-refractivity contribution in [3.63, 3.8) is 0 Å². The second-order valence-electron chi connectivity index (χ2n) is 3.60. The number of rotatable bonds is 5. The minimum absolute atomic E-state index is 0.352. The van der Waals surface area contributed by atoms with Crippen LogP contribution in [0, 0.1) is 0 Å². The lowest BCUT2D eigenvalue weighted by Crippen LogP contribution is -2.15. The van der Waals surface area contributed by atoms with Gasteiger partial charge in [-0.15, -0.1) is 0 Å². The lowest BCUT2D eigenvalue weighted by molar-refractivity contribution is -0.140. The van der Waals surface area contributed by atoms with E-state index in [-0.39, 0.29) is 0 Å². The molecule has 0 amide bonds. The second kappa shape index (κ2) is 5.84. The number of allylic oxidation sites excluding steroid dienone is 1. The molecule has 0 spiro atoms. The third-order valence-electron chi connectivity index (χ3n) is 2.47. The highest BCUT2D eigenvalue weighted by Gasteiger charge is 2.20. The highest BCUT2D eigenvalue weighted by atomic mass is 16.4. The molecule has 1 rings (SSSR count). The van der Waals surface area contributed by atoms with Crippen LogP contribution >= 0.6 is 0 Å². The van der Waals surface area contributed by atoms with E-state index in [1.54, 1.807) is 6.92 Å². The quantitative estimate of drug-likeness (QED) is 0.465. The fraction of sp³-hybridized carbons (Fsp3) is 0.231. The zero-order valence-corrected chi connectivity index (χ0v) is 9.51. The van der Waals surface area contributed by atoms with Crippen LogP contribution in [0.25, 0.3) is 0 Å². The summed E-state index contributed by atoms with van der Waals surface area (Å²) in [7, 11) is 0. The van der Waals surface area contributed by atoms with Gasteiger partial charge in [0.15, 0.2) is 0 Å². The summed E-state index contributed by atoms with van der Waals surface area (Å²) in [6, 6.07) is 9.22. The Kier molecular flexibility index (Phi) is 4.46. The van der Waals surface area contributed by atoms with Crippen LogP contribution in [-0.4, -0.2) is 22.2 Å². The van der Waals surface area contributed by atoms with Gasteiger partial charge in [-0.2, -0.15) is 0 Å². The summed E-state index contributed by atoms with van der Waals surface area (Å²) < 4.78 is 0. The number of carbonyl (C=O) groups is 2. The van der Waals surface area contributed by atoms with Crippen LogP contribution in [-0.2, 0) is 16.0 Å². The molecule has 2 N–H and O–H groups in total. The monoisotopic (exact) mass is 234 g/mol. The molecular formula is C13H14O4. The van der Waals surface area contributed by atoms with Crippen LogP contribution in [0.15, 0.2) is 41.5 Å². The Morgan fingerprint density at radius 1 is 1.06 bits per heavy atom. The van der Waals surface area contributed by atoms with Crippen molar-refractivity contribution in [2.75, 3.05) is 0 Å². The lowest BCUT2D eigenvalue weighted by Gasteiger charge is -2.07. The molecule has 1 aromatic carbocycles. The molecule has 0 saturated carbocycles. The number of hydrogen-bond acceptors (Lipinski definition) is 2. The van der Waals surface area contributed by atoms with Crippen LogP contribution in [0.2, 0.25) is 0 Å². The molecular weight excluding hydrogens is 220 g/mol. The van der Waals surface area contributed by atoms with Gasteiger partial charge in [-0.25, -0.2) is 9.59 Å². The Balaban J connectivity index is 3.09. The average Bonchev–Trinajstić information content (AvgIpc) is 2.28. The normalized spacial score (nSPS) is 9.71. The first kappa shape index (κ1) is 13.0. The first-order valence-electron chi connectivity index (χ1n) is 5.28. The summed E-state index contributed by atoms with van der Waals surface area (Å²) in [4.78, 5) is 21.8. The number of carboxylic acid groups (broad SMARTS) is 2. The topological polar surface area (TPSA) is 74.6 Å². The number of hydrogen-bond donors (Lipinski definition) is 2. The van der Waals surface area contributed by atoms with Crippen molar-refractivity contribution in [1.82, 2.24) is 0 Å². The van der Waals surface area contributed by atoms with Crippen molar-refractivity contribution < 1.29 is 19.8 Å². The molecule has 0 fully saturated rings. The Hall–Kier alpha value is -2.10. The summed E-state index contributed by atoms with van der Waals surface area (Å²) >= 11 is 0. The van der Waals surface area contributed by atoms with Gasteiger partial charge in [-0.3, -0.25) is 0 Å². The van der Waals surface area contributed by atoms with Gasteiger partial charge < -0.3 is 10.2 Å². The van der Waals surface area contributed by atoms with Gasteiger partial charge in [0, 0.05) is 0 Å². The van der Waals surface area contributed by atoms with Gasteiger partial charge in [-0.1, -0.05) is 37.3 Å². The number of benzene rings is 1. The summed E-state index contributed by atoms with van der Waals surface area (Å²) in [5.74, 6) is -2.77. The highest BCUT2D eigenvalue weighted by Crippen LogP contribution is 2.16. The van der Waals surface area contributed by atoms with Crippen LogP contribution in [0.1, 0.15) is 18.9 Å². The van der Waals surface area contributed by atoms with E-state index in [0.29, 0.717) is 18.4 Å². The number of aliphatic carboxylic acids is 2. The standard InChI is InChI=1S/C13H14O4/c1-2-10(11(12(14)15)13(16)17)8-9-6-4-3-5-7-9/h3-7H,2,8H2,1H3,(H,14,15)(H,16,17). The van der Waals surface area contributed by atoms with E-state index in [9.17, 15) is 9.59 Å². The molecule has 0 aliphatic carbocycles. The maximum absolute atomic E-state index is 10.9. The Morgan fingerprint density at radius 2 is 1.59 bits per heavy atom. The summed E-state index contributed by atoms with van der Waals surface area (Å²) in [5.41, 5.74) is 0.817. The van der Waals surface area contributed by atoms with Gasteiger partial charge >= 0.3 is 11.9 Å². The molecule has 0 aliphatic rings. The van der Waals surface area contributed by atoms with E-state index in [4.69, 9.17) is 10.2 Å². The summed E-state index contributed by atoms with van der Waals surface area (Å²) in [6.45, 7) is 1.75. The average molecular weight is 234 g/mol. The van der Waals surface area contributed by atoms with Gasteiger partial charge in [0.05, 0.1) is 0 Å². The van der Waals surface area contributed by atoms with Crippen LogP contribution in [0.4, 0.5) is 0 Å². The number of carboxylic acids is 2. The largest absolute Gasteiger partial charge is 0.477 e. The molecule has 1 aromatic rings. The minimum Gasteiger partial charge on any atom is -0.477 e. The maximum Gasteiger partial charge on any atom is 0.343 e. The molecule has 0 atom stereocenters. The third kappa shape index (κ3) is 3.45. The van der Waals surface area contributed by atoms with E-state index in [1.807, 2.05) is 30.3 Å². The van der Waals surface area contributed by atoms with Gasteiger partial charge in [0.25, 0.3) is 0 Å². The molecule has 0 unspecified atom stereocenters. The minimum atomic E-state index is -1.38. The molecule has 0 aliphatic heterocycles. The summed E-state index contributed by atoms with van der Waals surface area (Å²) in [5, 5.41) is 17.8. The predicted octanol–water partition coefficient (Wildman–Crippen LogP) is 2.10. The van der Waals surface area contributed by atoms with E-state index in [0.717, 1.165) is 5.56 Å². The molecule has 0 radical (unpaired) electrons. The zero-order valence-electron chi connectivity index (χ0n) is 9.51. The van der Waals surface area contributed by atoms with Crippen molar-refractivity contribution in [3.8, 4) is 0 Å². The fourth-order valence-corrected chi connectivity index (χ4v) is 1.63. The van der Waals surface area contributed by atoms with E-state index in [2.05, 4.69) is 0 Å². The van der Waals surface area contributed by atoms with Crippen LogP contribution < -0.4 is 0 Å². The van der Waals surface area contributed by atoms with E-state index >= 15 is 0 Å². The molecule has 90 valence electrons. The van der Waals surface area contributed by atoms with E-state index in [1.165, 1.54) is 0 Å².